The second kappa shape index (κ2) is 5.05. The van der Waals surface area contributed by atoms with Crippen molar-refractivity contribution in [1.82, 2.24) is 5.32 Å². The number of carbonyl (C=O) groups is 1. The lowest BCUT2D eigenvalue weighted by Gasteiger charge is -2.09. The fourth-order valence-electron chi connectivity index (χ4n) is 1.43. The van der Waals surface area contributed by atoms with Crippen molar-refractivity contribution in [2.75, 3.05) is 0 Å². The van der Waals surface area contributed by atoms with Crippen molar-refractivity contribution in [3.05, 3.63) is 28.8 Å². The monoisotopic (exact) mass is 308 g/mol. The summed E-state index contributed by atoms with van der Waals surface area (Å²) in [7, 11) is 0. The Labute approximate surface area is 116 Å². The average Bonchev–Trinajstić information content (AvgIpc) is 2.59. The number of benzene rings is 1. The number of halogens is 4. The van der Waals surface area contributed by atoms with Gasteiger partial charge in [0.05, 0.1) is 21.5 Å². The molecule has 1 aliphatic rings. The third kappa shape index (κ3) is 3.22. The summed E-state index contributed by atoms with van der Waals surface area (Å²) in [6.07, 6.45) is -4.54. The van der Waals surface area contributed by atoms with Crippen LogP contribution in [0, 0.1) is 0 Å². The van der Waals surface area contributed by atoms with Crippen LogP contribution in [0.15, 0.2) is 23.2 Å². The Kier molecular flexibility index (Phi) is 3.78. The molecule has 0 bridgehead atoms. The van der Waals surface area contributed by atoms with Gasteiger partial charge < -0.3 is 5.32 Å². The molecule has 19 heavy (non-hydrogen) atoms. The highest BCUT2D eigenvalue weighted by Gasteiger charge is 2.33. The summed E-state index contributed by atoms with van der Waals surface area (Å²) in [5.41, 5.74) is -0.855. The molecular formula is C11H8ClF3N2OS. The van der Waals surface area contributed by atoms with Crippen LogP contribution in [0.4, 0.5) is 18.9 Å². The summed E-state index contributed by atoms with van der Waals surface area (Å²) in [6.45, 7) is 1.69. The highest BCUT2D eigenvalue weighted by molar-refractivity contribution is 8.15. The van der Waals surface area contributed by atoms with Crippen molar-refractivity contribution < 1.29 is 18.0 Å². The summed E-state index contributed by atoms with van der Waals surface area (Å²) >= 11 is 6.66. The molecule has 1 heterocycles. The molecule has 0 aromatic heterocycles. The second-order valence-corrected chi connectivity index (χ2v) is 5.56. The van der Waals surface area contributed by atoms with Crippen molar-refractivity contribution in [2.24, 2.45) is 4.99 Å². The highest BCUT2D eigenvalue weighted by atomic mass is 35.5. The number of hydrogen-bond acceptors (Lipinski definition) is 3. The van der Waals surface area contributed by atoms with Crippen LogP contribution in [0.3, 0.4) is 0 Å². The minimum Gasteiger partial charge on any atom is -0.304 e. The van der Waals surface area contributed by atoms with E-state index in [1.807, 2.05) is 0 Å². The Morgan fingerprint density at radius 3 is 2.63 bits per heavy atom. The van der Waals surface area contributed by atoms with Crippen molar-refractivity contribution >= 4 is 40.1 Å². The number of carbonyl (C=O) groups excluding carboxylic acids is 1. The topological polar surface area (TPSA) is 41.5 Å². The van der Waals surface area contributed by atoms with Crippen LogP contribution in [-0.2, 0) is 11.0 Å². The molecule has 1 unspecified atom stereocenters. The summed E-state index contributed by atoms with van der Waals surface area (Å²) < 4.78 is 38.0. The van der Waals surface area contributed by atoms with Gasteiger partial charge in [-0.2, -0.15) is 13.2 Å². The Bertz CT molecular complexity index is 559. The predicted molar refractivity (Wildman–Crippen MR) is 68.7 cm³/mol. The maximum atomic E-state index is 12.7. The van der Waals surface area contributed by atoms with Gasteiger partial charge in [-0.3, -0.25) is 4.79 Å². The summed E-state index contributed by atoms with van der Waals surface area (Å²) in [4.78, 5) is 15.2. The average molecular weight is 309 g/mol. The summed E-state index contributed by atoms with van der Waals surface area (Å²) in [5, 5.41) is 2.09. The van der Waals surface area contributed by atoms with E-state index < -0.39 is 11.7 Å². The molecule has 1 N–H and O–H groups in total. The zero-order chi connectivity index (χ0) is 14.2. The lowest BCUT2D eigenvalue weighted by molar-refractivity contribution is -0.137. The van der Waals surface area contributed by atoms with E-state index in [1.54, 1.807) is 6.92 Å². The molecule has 0 saturated carbocycles. The first-order valence-electron chi connectivity index (χ1n) is 5.20. The van der Waals surface area contributed by atoms with Crippen LogP contribution in [-0.4, -0.2) is 16.3 Å². The Morgan fingerprint density at radius 1 is 1.42 bits per heavy atom. The number of thioether (sulfide) groups is 1. The standard InChI is InChI=1S/C11H8ClF3N2OS/c1-5-9(18)17-10(19-5)16-6-2-3-8(12)7(4-6)11(13,14)15/h2-5H,1H3,(H,16,17,18). The quantitative estimate of drug-likeness (QED) is 0.861. The molecule has 1 atom stereocenters. The molecule has 2 rings (SSSR count). The number of nitrogens with one attached hydrogen (secondary N) is 1. The van der Waals surface area contributed by atoms with Gasteiger partial charge in [0, 0.05) is 0 Å². The van der Waals surface area contributed by atoms with E-state index in [0.29, 0.717) is 0 Å². The zero-order valence-electron chi connectivity index (χ0n) is 9.58. The van der Waals surface area contributed by atoms with Crippen molar-refractivity contribution in [2.45, 2.75) is 18.3 Å². The summed E-state index contributed by atoms with van der Waals surface area (Å²) in [6, 6.07) is 3.35. The minimum absolute atomic E-state index is 0.0913. The normalized spacial score (nSPS) is 21.8. The lowest BCUT2D eigenvalue weighted by Crippen LogP contribution is -2.23. The highest BCUT2D eigenvalue weighted by Crippen LogP contribution is 2.37. The molecule has 1 saturated heterocycles. The van der Waals surface area contributed by atoms with Gasteiger partial charge in [0.15, 0.2) is 5.17 Å². The number of amides is 1. The predicted octanol–water partition coefficient (Wildman–Crippen LogP) is 3.60. The van der Waals surface area contributed by atoms with E-state index in [1.165, 1.54) is 6.07 Å². The van der Waals surface area contributed by atoms with Gasteiger partial charge in [0.1, 0.15) is 0 Å². The number of alkyl halides is 3. The lowest BCUT2D eigenvalue weighted by atomic mass is 10.2. The molecule has 0 radical (unpaired) electrons. The Balaban J connectivity index is 2.33. The van der Waals surface area contributed by atoms with Gasteiger partial charge in [-0.25, -0.2) is 4.99 Å². The van der Waals surface area contributed by atoms with Crippen molar-refractivity contribution in [1.29, 1.82) is 0 Å². The first kappa shape index (κ1) is 14.2. The van der Waals surface area contributed by atoms with Gasteiger partial charge >= 0.3 is 6.18 Å². The molecule has 1 fully saturated rings. The van der Waals surface area contributed by atoms with Crippen LogP contribution in [0.2, 0.25) is 5.02 Å². The zero-order valence-corrected chi connectivity index (χ0v) is 11.2. The van der Waals surface area contributed by atoms with Crippen LogP contribution >= 0.6 is 23.4 Å². The molecule has 8 heteroatoms. The smallest absolute Gasteiger partial charge is 0.304 e. The molecule has 1 aromatic carbocycles. The van der Waals surface area contributed by atoms with E-state index in [0.717, 1.165) is 23.9 Å². The van der Waals surface area contributed by atoms with E-state index in [2.05, 4.69) is 10.3 Å². The molecule has 0 spiro atoms. The molecule has 0 aliphatic carbocycles. The summed E-state index contributed by atoms with van der Waals surface area (Å²) in [5.74, 6) is -0.214. The molecule has 1 aliphatic heterocycles. The maximum absolute atomic E-state index is 12.7. The van der Waals surface area contributed by atoms with Gasteiger partial charge in [0.25, 0.3) is 0 Å². The van der Waals surface area contributed by atoms with Crippen LogP contribution in [0.25, 0.3) is 0 Å². The van der Waals surface area contributed by atoms with E-state index in [4.69, 9.17) is 11.6 Å². The fourth-order valence-corrected chi connectivity index (χ4v) is 2.47. The molecule has 1 aromatic rings. The SMILES string of the molecule is CC1SC(=Nc2ccc(Cl)c(C(F)(F)F)c2)NC1=O. The van der Waals surface area contributed by atoms with Gasteiger partial charge in [-0.15, -0.1) is 0 Å². The van der Waals surface area contributed by atoms with E-state index in [9.17, 15) is 18.0 Å². The number of nitrogens with zero attached hydrogens (tertiary/aromatic N) is 1. The van der Waals surface area contributed by atoms with Crippen LogP contribution < -0.4 is 5.32 Å². The maximum Gasteiger partial charge on any atom is 0.417 e. The van der Waals surface area contributed by atoms with Gasteiger partial charge in [-0.1, -0.05) is 23.4 Å². The molecular weight excluding hydrogens is 301 g/mol. The molecule has 3 nitrogen and oxygen atoms in total. The number of aliphatic imine (C=N–C) groups is 1. The third-order valence-corrected chi connectivity index (χ3v) is 3.69. The van der Waals surface area contributed by atoms with Crippen LogP contribution in [0.1, 0.15) is 12.5 Å². The van der Waals surface area contributed by atoms with Crippen molar-refractivity contribution in [3.63, 3.8) is 0 Å². The fraction of sp³-hybridized carbons (Fsp3) is 0.273. The third-order valence-electron chi connectivity index (χ3n) is 2.37. The Morgan fingerprint density at radius 2 is 2.11 bits per heavy atom. The number of amidine groups is 1. The van der Waals surface area contributed by atoms with Crippen LogP contribution in [0.5, 0.6) is 0 Å². The largest absolute Gasteiger partial charge is 0.417 e. The minimum atomic E-state index is -4.54. The first-order chi connectivity index (χ1) is 8.77. The Hall–Kier alpha value is -1.21. The molecule has 102 valence electrons. The van der Waals surface area contributed by atoms with E-state index >= 15 is 0 Å². The number of hydrogen-bond donors (Lipinski definition) is 1. The second-order valence-electron chi connectivity index (χ2n) is 3.83. The van der Waals surface area contributed by atoms with Gasteiger partial charge in [-0.05, 0) is 25.1 Å². The van der Waals surface area contributed by atoms with Crippen molar-refractivity contribution in [3.8, 4) is 0 Å². The van der Waals surface area contributed by atoms with Gasteiger partial charge in [0.2, 0.25) is 5.91 Å². The number of rotatable bonds is 1. The van der Waals surface area contributed by atoms with E-state index in [-0.39, 0.29) is 27.0 Å². The first-order valence-corrected chi connectivity index (χ1v) is 6.46. The molecule has 1 amide bonds.